The van der Waals surface area contributed by atoms with E-state index in [9.17, 15) is 19.6 Å². The summed E-state index contributed by atoms with van der Waals surface area (Å²) in [5, 5.41) is 23.1. The molecule has 7 heteroatoms. The highest BCUT2D eigenvalue weighted by Crippen LogP contribution is 2.23. The second-order valence-electron chi connectivity index (χ2n) is 6.40. The third-order valence-electron chi connectivity index (χ3n) is 4.40. The van der Waals surface area contributed by atoms with Crippen LogP contribution in [0, 0.1) is 0 Å². The fraction of sp³-hybridized carbons (Fsp3) is 0.300. The van der Waals surface area contributed by atoms with Gasteiger partial charge in [0.15, 0.2) is 5.78 Å². The number of ketones is 1. The highest BCUT2D eigenvalue weighted by molar-refractivity contribution is 7.07. The summed E-state index contributed by atoms with van der Waals surface area (Å²) in [7, 11) is -1.60. The average molecular weight is 385 g/mol. The Morgan fingerprint density at radius 3 is 2.67 bits per heavy atom. The maximum absolute atomic E-state index is 12.6. The van der Waals surface area contributed by atoms with Crippen LogP contribution in [-0.2, 0) is 22.4 Å². The van der Waals surface area contributed by atoms with Gasteiger partial charge in [-0.1, -0.05) is 25.6 Å². The van der Waals surface area contributed by atoms with E-state index >= 15 is 0 Å². The maximum Gasteiger partial charge on any atom is 0.455 e. The molecule has 0 saturated carbocycles. The molecule has 0 saturated heterocycles. The van der Waals surface area contributed by atoms with Crippen LogP contribution in [0.25, 0.3) is 0 Å². The van der Waals surface area contributed by atoms with E-state index in [2.05, 4.69) is 6.58 Å². The van der Waals surface area contributed by atoms with E-state index in [1.165, 1.54) is 22.3 Å². The van der Waals surface area contributed by atoms with Crippen LogP contribution in [0.3, 0.4) is 0 Å². The van der Waals surface area contributed by atoms with Crippen molar-refractivity contribution in [1.29, 1.82) is 0 Å². The van der Waals surface area contributed by atoms with Gasteiger partial charge in [-0.25, -0.2) is 0 Å². The van der Waals surface area contributed by atoms with E-state index < -0.39 is 12.9 Å². The van der Waals surface area contributed by atoms with Crippen LogP contribution in [0.1, 0.15) is 24.5 Å². The standard InChI is InChI=1S/C20H24BNO4S/c1-3-15-6-5-7-18(11-15)22(20(24)4-2)13-19(23)12-17(21(25)26)10-16-8-9-27-14-16/h4-9,11,14,17,25-26H,2-3,10,12-13H2,1H3/t17-/m1/s1. The van der Waals surface area contributed by atoms with Crippen molar-refractivity contribution < 1.29 is 19.6 Å². The van der Waals surface area contributed by atoms with Crippen molar-refractivity contribution >= 4 is 35.8 Å². The molecule has 0 radical (unpaired) electrons. The number of nitrogens with zero attached hydrogens (tertiary/aromatic N) is 1. The SMILES string of the molecule is C=CC(=O)N(CC(=O)C[C@@H](Cc1ccsc1)B(O)O)c1cccc(CC)c1. The smallest absolute Gasteiger partial charge is 0.427 e. The van der Waals surface area contributed by atoms with Crippen molar-refractivity contribution in [3.8, 4) is 0 Å². The molecule has 142 valence electrons. The first kappa shape index (κ1) is 21.1. The summed E-state index contributed by atoms with van der Waals surface area (Å²) in [5.74, 6) is -1.22. The van der Waals surface area contributed by atoms with E-state index in [-0.39, 0.29) is 24.7 Å². The molecule has 2 aromatic rings. The first-order valence-corrected chi connectivity index (χ1v) is 9.80. The largest absolute Gasteiger partial charge is 0.455 e. The van der Waals surface area contributed by atoms with E-state index in [0.29, 0.717) is 12.1 Å². The minimum Gasteiger partial charge on any atom is -0.427 e. The lowest BCUT2D eigenvalue weighted by molar-refractivity contribution is -0.120. The number of anilines is 1. The summed E-state index contributed by atoms with van der Waals surface area (Å²) in [4.78, 5) is 26.3. The van der Waals surface area contributed by atoms with E-state index in [4.69, 9.17) is 0 Å². The first-order chi connectivity index (χ1) is 12.9. The molecule has 0 bridgehead atoms. The number of amides is 1. The van der Waals surface area contributed by atoms with Crippen LogP contribution in [0.4, 0.5) is 5.69 Å². The van der Waals surface area contributed by atoms with Gasteiger partial charge in [-0.15, -0.1) is 0 Å². The minimum absolute atomic E-state index is 0.0259. The monoisotopic (exact) mass is 385 g/mol. The van der Waals surface area contributed by atoms with Crippen molar-refractivity contribution in [2.75, 3.05) is 11.4 Å². The summed E-state index contributed by atoms with van der Waals surface area (Å²) in [6.45, 7) is 5.40. The molecule has 0 aliphatic heterocycles. The van der Waals surface area contributed by atoms with E-state index in [1.807, 2.05) is 41.9 Å². The van der Waals surface area contributed by atoms with Gasteiger partial charge in [0, 0.05) is 17.9 Å². The van der Waals surface area contributed by atoms with E-state index in [0.717, 1.165) is 17.5 Å². The Morgan fingerprint density at radius 2 is 2.07 bits per heavy atom. The normalized spacial score (nSPS) is 11.7. The van der Waals surface area contributed by atoms with Crippen LogP contribution in [0.15, 0.2) is 53.7 Å². The molecule has 1 atom stereocenters. The summed E-state index contributed by atoms with van der Waals surface area (Å²) in [5.41, 5.74) is 2.65. The molecule has 5 nitrogen and oxygen atoms in total. The molecule has 0 aliphatic carbocycles. The van der Waals surface area contributed by atoms with E-state index in [1.54, 1.807) is 6.07 Å². The predicted octanol–water partition coefficient (Wildman–Crippen LogP) is 2.87. The summed E-state index contributed by atoms with van der Waals surface area (Å²) in [6.07, 6.45) is 2.36. The molecule has 1 amide bonds. The molecule has 27 heavy (non-hydrogen) atoms. The van der Waals surface area contributed by atoms with Gasteiger partial charge in [0.2, 0.25) is 0 Å². The zero-order valence-corrected chi connectivity index (χ0v) is 16.2. The molecule has 1 aromatic heterocycles. The van der Waals surface area contributed by atoms with Gasteiger partial charge in [0.1, 0.15) is 0 Å². The topological polar surface area (TPSA) is 77.8 Å². The van der Waals surface area contributed by atoms with Crippen LogP contribution < -0.4 is 4.90 Å². The Hall–Kier alpha value is -2.22. The van der Waals surface area contributed by atoms with Gasteiger partial charge in [-0.05, 0) is 59.0 Å². The summed E-state index contributed by atoms with van der Waals surface area (Å²) >= 11 is 1.52. The fourth-order valence-corrected chi connectivity index (χ4v) is 3.56. The Labute approximate surface area is 164 Å². The first-order valence-electron chi connectivity index (χ1n) is 8.86. The molecule has 0 unspecified atom stereocenters. The van der Waals surface area contributed by atoms with Crippen LogP contribution in [0.2, 0.25) is 5.82 Å². The second kappa shape index (κ2) is 10.2. The minimum atomic E-state index is -1.60. The lowest BCUT2D eigenvalue weighted by atomic mass is 9.67. The second-order valence-corrected chi connectivity index (χ2v) is 7.18. The quantitative estimate of drug-likeness (QED) is 0.487. The number of hydrogen-bond donors (Lipinski definition) is 2. The fourth-order valence-electron chi connectivity index (χ4n) is 2.88. The number of benzene rings is 1. The van der Waals surface area contributed by atoms with Gasteiger partial charge in [0.05, 0.1) is 6.54 Å². The number of carbonyl (C=O) groups is 2. The van der Waals surface area contributed by atoms with Gasteiger partial charge in [-0.2, -0.15) is 11.3 Å². The molecule has 0 spiro atoms. The molecule has 0 fully saturated rings. The van der Waals surface area contributed by atoms with Crippen LogP contribution >= 0.6 is 11.3 Å². The van der Waals surface area contributed by atoms with Gasteiger partial charge in [-0.3, -0.25) is 9.59 Å². The lowest BCUT2D eigenvalue weighted by Crippen LogP contribution is -2.36. The summed E-state index contributed by atoms with van der Waals surface area (Å²) in [6, 6.07) is 9.35. The maximum atomic E-state index is 12.6. The number of rotatable bonds is 10. The molecule has 2 rings (SSSR count). The third kappa shape index (κ3) is 6.17. The van der Waals surface area contributed by atoms with Gasteiger partial charge >= 0.3 is 7.12 Å². The lowest BCUT2D eigenvalue weighted by Gasteiger charge is -2.22. The van der Waals surface area contributed by atoms with Crippen LogP contribution in [0.5, 0.6) is 0 Å². The molecular formula is C20H24BNO4S. The highest BCUT2D eigenvalue weighted by Gasteiger charge is 2.28. The Bertz CT molecular complexity index is 776. The highest BCUT2D eigenvalue weighted by atomic mass is 32.1. The Morgan fingerprint density at radius 1 is 1.30 bits per heavy atom. The van der Waals surface area contributed by atoms with Crippen molar-refractivity contribution in [2.24, 2.45) is 0 Å². The van der Waals surface area contributed by atoms with Crippen molar-refractivity contribution in [3.63, 3.8) is 0 Å². The van der Waals surface area contributed by atoms with Gasteiger partial charge < -0.3 is 14.9 Å². The summed E-state index contributed by atoms with van der Waals surface area (Å²) < 4.78 is 0. The zero-order chi connectivity index (χ0) is 19.8. The average Bonchev–Trinajstić information content (AvgIpc) is 3.18. The number of hydrogen-bond acceptors (Lipinski definition) is 5. The number of Topliss-reactive ketones (excluding diaryl/α,β-unsaturated/α-hetero) is 1. The number of thiophene rings is 1. The zero-order valence-electron chi connectivity index (χ0n) is 15.4. The van der Waals surface area contributed by atoms with Crippen molar-refractivity contribution in [1.82, 2.24) is 0 Å². The number of aryl methyl sites for hydroxylation is 1. The molecule has 1 heterocycles. The molecule has 2 N–H and O–H groups in total. The number of carbonyl (C=O) groups excluding carboxylic acids is 2. The predicted molar refractivity (Wildman–Crippen MR) is 110 cm³/mol. The molecule has 1 aromatic carbocycles. The van der Waals surface area contributed by atoms with Crippen molar-refractivity contribution in [3.05, 3.63) is 64.9 Å². The molecular weight excluding hydrogens is 361 g/mol. The van der Waals surface area contributed by atoms with Crippen molar-refractivity contribution in [2.45, 2.75) is 32.0 Å². The third-order valence-corrected chi connectivity index (χ3v) is 5.13. The Kier molecular flexibility index (Phi) is 7.97. The molecule has 0 aliphatic rings. The van der Waals surface area contributed by atoms with Crippen LogP contribution in [-0.4, -0.2) is 35.4 Å². The van der Waals surface area contributed by atoms with Gasteiger partial charge in [0.25, 0.3) is 5.91 Å². The Balaban J connectivity index is 2.12.